The Morgan fingerprint density at radius 1 is 1.12 bits per heavy atom. The van der Waals surface area contributed by atoms with E-state index in [9.17, 15) is 8.78 Å². The predicted molar refractivity (Wildman–Crippen MR) is 61.4 cm³/mol. The van der Waals surface area contributed by atoms with E-state index in [0.717, 1.165) is 12.8 Å². The summed E-state index contributed by atoms with van der Waals surface area (Å²) in [5, 5.41) is 0. The molecule has 88 valence electrons. The molecule has 2 nitrogen and oxygen atoms in total. The van der Waals surface area contributed by atoms with Crippen molar-refractivity contribution >= 4 is 11.4 Å². The summed E-state index contributed by atoms with van der Waals surface area (Å²) in [6.07, 6.45) is 2.10. The molecule has 2 atom stereocenters. The fraction of sp³-hybridized carbons (Fsp3) is 0.500. The summed E-state index contributed by atoms with van der Waals surface area (Å²) in [7, 11) is 0. The van der Waals surface area contributed by atoms with E-state index in [0.29, 0.717) is 17.8 Å². The molecule has 0 spiro atoms. The number of rotatable bonds is 1. The van der Waals surface area contributed by atoms with Crippen molar-refractivity contribution < 1.29 is 8.78 Å². The lowest BCUT2D eigenvalue weighted by Crippen LogP contribution is -2.32. The molecule has 1 saturated heterocycles. The van der Waals surface area contributed by atoms with Gasteiger partial charge in [0.25, 0.3) is 0 Å². The highest BCUT2D eigenvalue weighted by Crippen LogP contribution is 2.32. The first-order valence-corrected chi connectivity index (χ1v) is 5.53. The number of nitrogens with zero attached hydrogens (tertiary/aromatic N) is 1. The van der Waals surface area contributed by atoms with Crippen molar-refractivity contribution in [1.29, 1.82) is 0 Å². The number of hydrogen-bond donors (Lipinski definition) is 1. The number of anilines is 2. The zero-order chi connectivity index (χ0) is 11.9. The summed E-state index contributed by atoms with van der Waals surface area (Å²) >= 11 is 0. The molecule has 2 N–H and O–H groups in total. The predicted octanol–water partition coefficient (Wildman–Crippen LogP) is 2.92. The van der Waals surface area contributed by atoms with Crippen LogP contribution < -0.4 is 10.6 Å². The zero-order valence-electron chi connectivity index (χ0n) is 9.50. The molecule has 0 aromatic heterocycles. The first-order chi connectivity index (χ1) is 7.50. The van der Waals surface area contributed by atoms with Crippen LogP contribution in [0, 0.1) is 11.6 Å². The molecular formula is C12H16F2N2. The van der Waals surface area contributed by atoms with Gasteiger partial charge in [-0.05, 0) is 38.8 Å². The van der Waals surface area contributed by atoms with Crippen LogP contribution in [-0.4, -0.2) is 12.1 Å². The van der Waals surface area contributed by atoms with Gasteiger partial charge in [-0.15, -0.1) is 0 Å². The average Bonchev–Trinajstić information content (AvgIpc) is 2.54. The average molecular weight is 226 g/mol. The van der Waals surface area contributed by atoms with Crippen LogP contribution in [-0.2, 0) is 0 Å². The van der Waals surface area contributed by atoms with E-state index in [2.05, 4.69) is 13.8 Å². The van der Waals surface area contributed by atoms with Gasteiger partial charge in [-0.3, -0.25) is 0 Å². The third kappa shape index (κ3) is 1.72. The van der Waals surface area contributed by atoms with Gasteiger partial charge >= 0.3 is 0 Å². The van der Waals surface area contributed by atoms with E-state index >= 15 is 0 Å². The minimum absolute atomic E-state index is 0.317. The van der Waals surface area contributed by atoms with Gasteiger partial charge in [-0.2, -0.15) is 0 Å². The largest absolute Gasteiger partial charge is 0.394 e. The second-order valence-corrected chi connectivity index (χ2v) is 4.51. The standard InChI is InChI=1S/C12H16F2N2/c1-7-3-4-8(2)16(7)9-5-10(13)12(15)11(14)6-9/h5-8H,3-4,15H2,1-2H3. The Morgan fingerprint density at radius 3 is 2.00 bits per heavy atom. The molecule has 1 aliphatic rings. The minimum atomic E-state index is -0.679. The first kappa shape index (κ1) is 11.2. The molecule has 0 amide bonds. The second kappa shape index (κ2) is 3.92. The number of hydrogen-bond acceptors (Lipinski definition) is 2. The van der Waals surface area contributed by atoms with Gasteiger partial charge in [-0.25, -0.2) is 8.78 Å². The maximum atomic E-state index is 13.4. The SMILES string of the molecule is CC1CCC(C)N1c1cc(F)c(N)c(F)c1. The molecule has 2 rings (SSSR count). The Kier molecular flexibility index (Phi) is 2.74. The highest BCUT2D eigenvalue weighted by atomic mass is 19.1. The third-order valence-electron chi connectivity index (χ3n) is 3.31. The fourth-order valence-electron chi connectivity index (χ4n) is 2.42. The zero-order valence-corrected chi connectivity index (χ0v) is 9.50. The maximum absolute atomic E-state index is 13.4. The molecule has 1 aromatic rings. The van der Waals surface area contributed by atoms with E-state index in [1.165, 1.54) is 12.1 Å². The van der Waals surface area contributed by atoms with Gasteiger partial charge in [0.2, 0.25) is 0 Å². The van der Waals surface area contributed by atoms with Crippen LogP contribution in [0.3, 0.4) is 0 Å². The lowest BCUT2D eigenvalue weighted by Gasteiger charge is -2.29. The van der Waals surface area contributed by atoms with Gasteiger partial charge in [0.1, 0.15) is 5.69 Å². The van der Waals surface area contributed by atoms with Crippen LogP contribution in [0.2, 0.25) is 0 Å². The molecule has 0 bridgehead atoms. The molecule has 1 fully saturated rings. The smallest absolute Gasteiger partial charge is 0.151 e. The lowest BCUT2D eigenvalue weighted by atomic mass is 10.2. The molecule has 1 heterocycles. The second-order valence-electron chi connectivity index (χ2n) is 4.51. The van der Waals surface area contributed by atoms with Crippen LogP contribution in [0.4, 0.5) is 20.2 Å². The van der Waals surface area contributed by atoms with E-state index in [4.69, 9.17) is 5.73 Å². The summed E-state index contributed by atoms with van der Waals surface area (Å²) in [6, 6.07) is 3.27. The highest BCUT2D eigenvalue weighted by molar-refractivity contribution is 5.56. The maximum Gasteiger partial charge on any atom is 0.151 e. The summed E-state index contributed by atoms with van der Waals surface area (Å²) in [6.45, 7) is 4.13. The van der Waals surface area contributed by atoms with Gasteiger partial charge in [0, 0.05) is 17.8 Å². The van der Waals surface area contributed by atoms with Gasteiger partial charge in [0.15, 0.2) is 11.6 Å². The number of halogens is 2. The van der Waals surface area contributed by atoms with Crippen molar-refractivity contribution in [2.24, 2.45) is 0 Å². The first-order valence-electron chi connectivity index (χ1n) is 5.53. The topological polar surface area (TPSA) is 29.3 Å². The van der Waals surface area contributed by atoms with Crippen molar-refractivity contribution in [2.45, 2.75) is 38.8 Å². The Labute approximate surface area is 94.0 Å². The van der Waals surface area contributed by atoms with Crippen LogP contribution in [0.5, 0.6) is 0 Å². The molecule has 0 saturated carbocycles. The Balaban J connectivity index is 2.40. The Morgan fingerprint density at radius 2 is 1.56 bits per heavy atom. The van der Waals surface area contributed by atoms with Crippen LogP contribution >= 0.6 is 0 Å². The molecule has 2 unspecified atom stereocenters. The van der Waals surface area contributed by atoms with Crippen molar-refractivity contribution in [1.82, 2.24) is 0 Å². The lowest BCUT2D eigenvalue weighted by molar-refractivity contribution is 0.587. The van der Waals surface area contributed by atoms with Crippen LogP contribution in [0.15, 0.2) is 12.1 Å². The summed E-state index contributed by atoms with van der Waals surface area (Å²) in [4.78, 5) is 2.05. The summed E-state index contributed by atoms with van der Waals surface area (Å²) in [5.41, 5.74) is 5.44. The van der Waals surface area contributed by atoms with Gasteiger partial charge in [0.05, 0.1) is 0 Å². The minimum Gasteiger partial charge on any atom is -0.394 e. The molecular weight excluding hydrogens is 210 g/mol. The molecule has 1 aliphatic heterocycles. The van der Waals surface area contributed by atoms with Crippen molar-refractivity contribution in [2.75, 3.05) is 10.6 Å². The monoisotopic (exact) mass is 226 g/mol. The van der Waals surface area contributed by atoms with Crippen LogP contribution in [0.25, 0.3) is 0 Å². The quantitative estimate of drug-likeness (QED) is 0.746. The molecule has 1 aromatic carbocycles. The van der Waals surface area contributed by atoms with E-state index < -0.39 is 17.3 Å². The molecule has 0 aliphatic carbocycles. The van der Waals surface area contributed by atoms with Crippen molar-refractivity contribution in [3.05, 3.63) is 23.8 Å². The van der Waals surface area contributed by atoms with Crippen LogP contribution in [0.1, 0.15) is 26.7 Å². The fourth-order valence-corrected chi connectivity index (χ4v) is 2.42. The van der Waals surface area contributed by atoms with E-state index in [1.54, 1.807) is 0 Å². The van der Waals surface area contributed by atoms with Crippen molar-refractivity contribution in [3.8, 4) is 0 Å². The van der Waals surface area contributed by atoms with Gasteiger partial charge < -0.3 is 10.6 Å². The van der Waals surface area contributed by atoms with E-state index in [-0.39, 0.29) is 0 Å². The normalized spacial score (nSPS) is 25.1. The number of nitrogen functional groups attached to an aromatic ring is 1. The van der Waals surface area contributed by atoms with Crippen molar-refractivity contribution in [3.63, 3.8) is 0 Å². The molecule has 4 heteroatoms. The highest BCUT2D eigenvalue weighted by Gasteiger charge is 2.28. The summed E-state index contributed by atoms with van der Waals surface area (Å²) in [5.74, 6) is -1.36. The Bertz CT molecular complexity index is 373. The van der Waals surface area contributed by atoms with E-state index in [1.807, 2.05) is 4.90 Å². The molecule has 16 heavy (non-hydrogen) atoms. The molecule has 0 radical (unpaired) electrons. The van der Waals surface area contributed by atoms with Gasteiger partial charge in [-0.1, -0.05) is 0 Å². The number of nitrogens with two attached hydrogens (primary N) is 1. The Hall–Kier alpha value is -1.32. The third-order valence-corrected chi connectivity index (χ3v) is 3.31. The number of benzene rings is 1. The summed E-state index contributed by atoms with van der Waals surface area (Å²) < 4.78 is 26.7.